The van der Waals surface area contributed by atoms with Crippen LogP contribution in [0.5, 0.6) is 0 Å². The highest BCUT2D eigenvalue weighted by Crippen LogP contribution is 2.46. The van der Waals surface area contributed by atoms with Crippen LogP contribution in [0.2, 0.25) is 0 Å². The Kier molecular flexibility index (Phi) is 1.76. The van der Waals surface area contributed by atoms with Crippen LogP contribution >= 0.6 is 0 Å². The van der Waals surface area contributed by atoms with Gasteiger partial charge in [-0.1, -0.05) is 30.3 Å². The van der Waals surface area contributed by atoms with Gasteiger partial charge in [0.15, 0.2) is 5.78 Å². The molecule has 1 aromatic rings. The summed E-state index contributed by atoms with van der Waals surface area (Å²) in [6.45, 7) is 0. The number of benzene rings is 1. The Morgan fingerprint density at radius 1 is 1.23 bits per heavy atom. The van der Waals surface area contributed by atoms with E-state index in [0.717, 1.165) is 6.29 Å². The Bertz CT molecular complexity index is 336. The van der Waals surface area contributed by atoms with Crippen molar-refractivity contribution in [2.45, 2.75) is 12.8 Å². The van der Waals surface area contributed by atoms with Gasteiger partial charge < -0.3 is 4.79 Å². The first-order chi connectivity index (χ1) is 6.28. The molecule has 0 bridgehead atoms. The summed E-state index contributed by atoms with van der Waals surface area (Å²) in [4.78, 5) is 22.4. The molecule has 0 amide bonds. The molecule has 0 aromatic heterocycles. The van der Waals surface area contributed by atoms with Crippen molar-refractivity contribution in [1.29, 1.82) is 0 Å². The molecule has 1 fully saturated rings. The maximum absolute atomic E-state index is 11.7. The summed E-state index contributed by atoms with van der Waals surface area (Å²) in [7, 11) is 0. The third kappa shape index (κ3) is 1.28. The van der Waals surface area contributed by atoms with Gasteiger partial charge in [0.05, 0.1) is 5.41 Å². The number of ketones is 1. The third-order valence-electron chi connectivity index (χ3n) is 2.50. The molecular formula is C11H10O2. The van der Waals surface area contributed by atoms with Crippen molar-refractivity contribution in [3.05, 3.63) is 35.9 Å². The van der Waals surface area contributed by atoms with Gasteiger partial charge >= 0.3 is 0 Å². The van der Waals surface area contributed by atoms with Crippen LogP contribution in [0.25, 0.3) is 0 Å². The molecule has 1 saturated carbocycles. The fraction of sp³-hybridized carbons (Fsp3) is 0.273. The zero-order valence-electron chi connectivity index (χ0n) is 7.19. The number of aldehydes is 1. The van der Waals surface area contributed by atoms with Crippen LogP contribution in [0.3, 0.4) is 0 Å². The Balaban J connectivity index is 2.28. The molecule has 13 heavy (non-hydrogen) atoms. The van der Waals surface area contributed by atoms with Crippen LogP contribution in [-0.2, 0) is 4.79 Å². The molecule has 1 aliphatic carbocycles. The largest absolute Gasteiger partial charge is 0.302 e. The lowest BCUT2D eigenvalue weighted by Gasteiger charge is -2.04. The van der Waals surface area contributed by atoms with E-state index in [1.807, 2.05) is 18.2 Å². The SMILES string of the molecule is O=CC1(C(=O)c2ccccc2)CC1. The van der Waals surface area contributed by atoms with Gasteiger partial charge in [0.1, 0.15) is 6.29 Å². The lowest BCUT2D eigenvalue weighted by molar-refractivity contribution is -0.110. The van der Waals surface area contributed by atoms with Gasteiger partial charge in [-0.05, 0) is 12.8 Å². The second-order valence-corrected chi connectivity index (χ2v) is 3.47. The van der Waals surface area contributed by atoms with Gasteiger partial charge in [-0.2, -0.15) is 0 Å². The molecule has 2 nitrogen and oxygen atoms in total. The predicted molar refractivity (Wildman–Crippen MR) is 48.5 cm³/mol. The molecule has 2 heteroatoms. The van der Waals surface area contributed by atoms with Crippen molar-refractivity contribution in [3.63, 3.8) is 0 Å². The summed E-state index contributed by atoms with van der Waals surface area (Å²) in [5.41, 5.74) is -0.0199. The topological polar surface area (TPSA) is 34.1 Å². The highest BCUT2D eigenvalue weighted by molar-refractivity contribution is 6.11. The lowest BCUT2D eigenvalue weighted by Crippen LogP contribution is -2.17. The van der Waals surface area contributed by atoms with E-state index in [0.29, 0.717) is 18.4 Å². The second-order valence-electron chi connectivity index (χ2n) is 3.47. The predicted octanol–water partition coefficient (Wildman–Crippen LogP) is 1.85. The Morgan fingerprint density at radius 3 is 2.31 bits per heavy atom. The van der Waals surface area contributed by atoms with Crippen molar-refractivity contribution in [2.24, 2.45) is 5.41 Å². The molecule has 0 N–H and O–H groups in total. The zero-order valence-corrected chi connectivity index (χ0v) is 7.19. The summed E-state index contributed by atoms with van der Waals surface area (Å²) >= 11 is 0. The number of Topliss-reactive ketones (excluding diaryl/α,β-unsaturated/α-hetero) is 1. The van der Waals surface area contributed by atoms with E-state index in [1.54, 1.807) is 12.1 Å². The number of rotatable bonds is 3. The van der Waals surface area contributed by atoms with E-state index in [-0.39, 0.29) is 5.78 Å². The fourth-order valence-electron chi connectivity index (χ4n) is 1.41. The van der Waals surface area contributed by atoms with Gasteiger partial charge in [-0.25, -0.2) is 0 Å². The molecule has 0 unspecified atom stereocenters. The van der Waals surface area contributed by atoms with Crippen LogP contribution in [0.4, 0.5) is 0 Å². The average molecular weight is 174 g/mol. The van der Waals surface area contributed by atoms with Crippen molar-refractivity contribution >= 4 is 12.1 Å². The molecule has 0 radical (unpaired) electrons. The van der Waals surface area contributed by atoms with Crippen LogP contribution in [0, 0.1) is 5.41 Å². The molecule has 0 aliphatic heterocycles. The molecule has 0 heterocycles. The molecule has 0 atom stereocenters. The highest BCUT2D eigenvalue weighted by Gasteiger charge is 2.49. The smallest absolute Gasteiger partial charge is 0.176 e. The highest BCUT2D eigenvalue weighted by atomic mass is 16.1. The molecule has 1 aromatic carbocycles. The Hall–Kier alpha value is -1.44. The maximum Gasteiger partial charge on any atom is 0.176 e. The van der Waals surface area contributed by atoms with Crippen molar-refractivity contribution in [3.8, 4) is 0 Å². The van der Waals surface area contributed by atoms with Crippen molar-refractivity contribution < 1.29 is 9.59 Å². The molecule has 1 aliphatic rings. The van der Waals surface area contributed by atoms with Gasteiger partial charge in [-0.15, -0.1) is 0 Å². The first-order valence-corrected chi connectivity index (χ1v) is 4.35. The zero-order chi connectivity index (χ0) is 9.31. The Labute approximate surface area is 76.6 Å². The minimum Gasteiger partial charge on any atom is -0.302 e. The lowest BCUT2D eigenvalue weighted by atomic mass is 9.96. The third-order valence-corrected chi connectivity index (χ3v) is 2.50. The summed E-state index contributed by atoms with van der Waals surface area (Å²) < 4.78 is 0. The molecular weight excluding hydrogens is 164 g/mol. The van der Waals surface area contributed by atoms with Gasteiger partial charge in [0.2, 0.25) is 0 Å². The molecule has 0 spiro atoms. The van der Waals surface area contributed by atoms with E-state index in [9.17, 15) is 9.59 Å². The molecule has 2 rings (SSSR count). The fourth-order valence-corrected chi connectivity index (χ4v) is 1.41. The number of carbonyl (C=O) groups excluding carboxylic acids is 2. The first-order valence-electron chi connectivity index (χ1n) is 4.35. The summed E-state index contributed by atoms with van der Waals surface area (Å²) in [6.07, 6.45) is 2.22. The van der Waals surface area contributed by atoms with Gasteiger partial charge in [0, 0.05) is 5.56 Å². The van der Waals surface area contributed by atoms with Crippen LogP contribution in [0.1, 0.15) is 23.2 Å². The van der Waals surface area contributed by atoms with Crippen LogP contribution < -0.4 is 0 Å². The number of hydrogen-bond acceptors (Lipinski definition) is 2. The normalized spacial score (nSPS) is 17.8. The van der Waals surface area contributed by atoms with E-state index in [4.69, 9.17) is 0 Å². The number of carbonyl (C=O) groups is 2. The van der Waals surface area contributed by atoms with E-state index in [1.165, 1.54) is 0 Å². The van der Waals surface area contributed by atoms with Crippen molar-refractivity contribution in [2.75, 3.05) is 0 Å². The average Bonchev–Trinajstić information content (AvgIpc) is 2.99. The summed E-state index contributed by atoms with van der Waals surface area (Å²) in [5, 5.41) is 0. The van der Waals surface area contributed by atoms with Crippen molar-refractivity contribution in [1.82, 2.24) is 0 Å². The van der Waals surface area contributed by atoms with E-state index in [2.05, 4.69) is 0 Å². The summed E-state index contributed by atoms with van der Waals surface area (Å²) in [5.74, 6) is -0.0249. The van der Waals surface area contributed by atoms with Crippen LogP contribution in [0.15, 0.2) is 30.3 Å². The standard InChI is InChI=1S/C11H10O2/c12-8-11(6-7-11)10(13)9-4-2-1-3-5-9/h1-5,8H,6-7H2. The number of hydrogen-bond donors (Lipinski definition) is 0. The minimum absolute atomic E-state index is 0.0249. The van der Waals surface area contributed by atoms with Gasteiger partial charge in [0.25, 0.3) is 0 Å². The maximum atomic E-state index is 11.7. The first kappa shape index (κ1) is 8.17. The second kappa shape index (κ2) is 2.80. The van der Waals surface area contributed by atoms with E-state index >= 15 is 0 Å². The molecule has 66 valence electrons. The van der Waals surface area contributed by atoms with E-state index < -0.39 is 5.41 Å². The molecule has 0 saturated heterocycles. The summed E-state index contributed by atoms with van der Waals surface area (Å²) in [6, 6.07) is 9.00. The Morgan fingerprint density at radius 2 is 1.85 bits per heavy atom. The minimum atomic E-state index is -0.665. The monoisotopic (exact) mass is 174 g/mol. The quantitative estimate of drug-likeness (QED) is 0.398. The van der Waals surface area contributed by atoms with Crippen LogP contribution in [-0.4, -0.2) is 12.1 Å². The van der Waals surface area contributed by atoms with Gasteiger partial charge in [-0.3, -0.25) is 4.79 Å².